The van der Waals surface area contributed by atoms with Crippen molar-refractivity contribution >= 4 is 5.84 Å². The molecule has 14 heavy (non-hydrogen) atoms. The van der Waals surface area contributed by atoms with Crippen LogP contribution >= 0.6 is 0 Å². The molecule has 76 valence electrons. The summed E-state index contributed by atoms with van der Waals surface area (Å²) in [5.74, 6) is -0.0687. The highest BCUT2D eigenvalue weighted by molar-refractivity contribution is 6.04. The summed E-state index contributed by atoms with van der Waals surface area (Å²) in [6.45, 7) is 7.99. The zero-order chi connectivity index (χ0) is 10.7. The van der Waals surface area contributed by atoms with Crippen molar-refractivity contribution in [1.82, 2.24) is 0 Å². The van der Waals surface area contributed by atoms with Crippen molar-refractivity contribution in [3.8, 4) is 0 Å². The molecule has 0 aromatic heterocycles. The summed E-state index contributed by atoms with van der Waals surface area (Å²) in [7, 11) is 0. The van der Waals surface area contributed by atoms with Crippen molar-refractivity contribution in [2.75, 3.05) is 6.54 Å². The molecular weight excluding hydrogens is 179 g/mol. The molecule has 0 saturated carbocycles. The van der Waals surface area contributed by atoms with Gasteiger partial charge < -0.3 is 5.73 Å². The van der Waals surface area contributed by atoms with Gasteiger partial charge in [-0.3, -0.25) is 4.99 Å². The van der Waals surface area contributed by atoms with Crippen LogP contribution in [-0.4, -0.2) is 12.4 Å². The lowest BCUT2D eigenvalue weighted by molar-refractivity contribution is 0.659. The maximum atomic E-state index is 13.6. The van der Waals surface area contributed by atoms with Crippen LogP contribution < -0.4 is 5.73 Å². The van der Waals surface area contributed by atoms with Crippen LogP contribution in [0, 0.1) is 0 Å². The number of rotatable bonds is 2. The van der Waals surface area contributed by atoms with E-state index in [1.165, 1.54) is 6.08 Å². The van der Waals surface area contributed by atoms with E-state index in [1.54, 1.807) is 0 Å². The minimum atomic E-state index is -0.326. The lowest BCUT2D eigenvalue weighted by atomic mass is 10.1. The summed E-state index contributed by atoms with van der Waals surface area (Å²) in [6, 6.07) is 0. The van der Waals surface area contributed by atoms with Gasteiger partial charge in [0.25, 0.3) is 0 Å². The molecule has 0 spiro atoms. The zero-order valence-electron chi connectivity index (χ0n) is 8.60. The Morgan fingerprint density at radius 3 is 2.79 bits per heavy atom. The third-order valence-corrected chi connectivity index (χ3v) is 2.22. The first-order valence-corrected chi connectivity index (χ1v) is 4.61. The van der Waals surface area contributed by atoms with E-state index in [-0.39, 0.29) is 11.7 Å². The van der Waals surface area contributed by atoms with Crippen LogP contribution in [0.2, 0.25) is 0 Å². The molecule has 2 N–H and O–H groups in total. The Hall–Kier alpha value is -1.38. The van der Waals surface area contributed by atoms with Gasteiger partial charge in [0.1, 0.15) is 11.7 Å². The Labute approximate surface area is 83.7 Å². The van der Waals surface area contributed by atoms with E-state index in [1.807, 2.05) is 13.8 Å². The maximum absolute atomic E-state index is 13.6. The standard InChI is InChI=1S/C11H15FN2/c1-4-7(2)5-9(12)10-8(3)6-14-11(10)13/h5H,3-4,6H2,1-2H3,(H2,13,14)/b7-5-,10-9-. The lowest BCUT2D eigenvalue weighted by Gasteiger charge is -2.01. The topological polar surface area (TPSA) is 38.4 Å². The number of halogens is 1. The minimum absolute atomic E-state index is 0.257. The zero-order valence-corrected chi connectivity index (χ0v) is 8.60. The van der Waals surface area contributed by atoms with Crippen LogP contribution in [0.1, 0.15) is 20.3 Å². The Morgan fingerprint density at radius 1 is 1.71 bits per heavy atom. The van der Waals surface area contributed by atoms with Crippen molar-refractivity contribution in [3.63, 3.8) is 0 Å². The third-order valence-electron chi connectivity index (χ3n) is 2.22. The second-order valence-electron chi connectivity index (χ2n) is 3.37. The van der Waals surface area contributed by atoms with Gasteiger partial charge in [0.2, 0.25) is 0 Å². The summed E-state index contributed by atoms with van der Waals surface area (Å²) in [5, 5.41) is 0. The van der Waals surface area contributed by atoms with E-state index < -0.39 is 0 Å². The van der Waals surface area contributed by atoms with E-state index in [2.05, 4.69) is 11.6 Å². The van der Waals surface area contributed by atoms with Crippen LogP contribution in [0.4, 0.5) is 4.39 Å². The number of hydrogen-bond donors (Lipinski definition) is 1. The lowest BCUT2D eigenvalue weighted by Crippen LogP contribution is -2.12. The first-order valence-electron chi connectivity index (χ1n) is 4.61. The molecule has 0 aromatic rings. The van der Waals surface area contributed by atoms with Crippen LogP contribution in [-0.2, 0) is 0 Å². The average Bonchev–Trinajstić information content (AvgIpc) is 2.46. The van der Waals surface area contributed by atoms with Gasteiger partial charge in [-0.15, -0.1) is 0 Å². The smallest absolute Gasteiger partial charge is 0.134 e. The van der Waals surface area contributed by atoms with Gasteiger partial charge in [-0.05, 0) is 25.0 Å². The van der Waals surface area contributed by atoms with Crippen molar-refractivity contribution < 1.29 is 4.39 Å². The number of hydrogen-bond acceptors (Lipinski definition) is 2. The van der Waals surface area contributed by atoms with Gasteiger partial charge in [-0.1, -0.05) is 19.1 Å². The molecule has 0 unspecified atom stereocenters. The Kier molecular flexibility index (Phi) is 3.23. The molecule has 0 radical (unpaired) electrons. The molecule has 3 heteroatoms. The quantitative estimate of drug-likeness (QED) is 0.720. The predicted molar refractivity (Wildman–Crippen MR) is 57.8 cm³/mol. The molecule has 1 aliphatic rings. The summed E-state index contributed by atoms with van der Waals surface area (Å²) in [6.07, 6.45) is 2.32. The summed E-state index contributed by atoms with van der Waals surface area (Å²) < 4.78 is 13.6. The molecule has 0 aliphatic carbocycles. The van der Waals surface area contributed by atoms with Crippen molar-refractivity contribution in [2.24, 2.45) is 10.7 Å². The van der Waals surface area contributed by atoms with Crippen molar-refractivity contribution in [3.05, 3.63) is 35.2 Å². The highest BCUT2D eigenvalue weighted by Crippen LogP contribution is 2.22. The molecule has 2 nitrogen and oxygen atoms in total. The van der Waals surface area contributed by atoms with Gasteiger partial charge in [0.15, 0.2) is 0 Å². The van der Waals surface area contributed by atoms with Gasteiger partial charge in [0.05, 0.1) is 12.1 Å². The Bertz CT molecular complexity index is 348. The number of amidine groups is 1. The minimum Gasteiger partial charge on any atom is -0.383 e. The average molecular weight is 194 g/mol. The summed E-state index contributed by atoms with van der Waals surface area (Å²) in [4.78, 5) is 3.92. The van der Waals surface area contributed by atoms with Crippen LogP contribution in [0.5, 0.6) is 0 Å². The third kappa shape index (κ3) is 2.10. The molecule has 0 atom stereocenters. The number of allylic oxidation sites excluding steroid dienone is 3. The van der Waals surface area contributed by atoms with E-state index in [9.17, 15) is 4.39 Å². The summed E-state index contributed by atoms with van der Waals surface area (Å²) >= 11 is 0. The van der Waals surface area contributed by atoms with Crippen LogP contribution in [0.15, 0.2) is 40.2 Å². The molecule has 0 aromatic carbocycles. The second-order valence-corrected chi connectivity index (χ2v) is 3.37. The SMILES string of the molecule is C=C1CN=C(N)/C1=C(F)/C=C(/C)CC. The van der Waals surface area contributed by atoms with E-state index in [4.69, 9.17) is 5.73 Å². The van der Waals surface area contributed by atoms with E-state index in [0.717, 1.165) is 12.0 Å². The largest absolute Gasteiger partial charge is 0.383 e. The first kappa shape index (κ1) is 10.7. The van der Waals surface area contributed by atoms with Gasteiger partial charge in [0, 0.05) is 0 Å². The van der Waals surface area contributed by atoms with Gasteiger partial charge in [-0.25, -0.2) is 4.39 Å². The summed E-state index contributed by atoms with van der Waals surface area (Å²) in [5.41, 5.74) is 7.55. The number of nitrogens with two attached hydrogens (primary N) is 1. The number of nitrogens with zero attached hydrogens (tertiary/aromatic N) is 1. The monoisotopic (exact) mass is 194 g/mol. The normalized spacial score (nSPS) is 21.2. The van der Waals surface area contributed by atoms with Crippen molar-refractivity contribution in [1.29, 1.82) is 0 Å². The maximum Gasteiger partial charge on any atom is 0.134 e. The van der Waals surface area contributed by atoms with Crippen LogP contribution in [0.3, 0.4) is 0 Å². The fourth-order valence-corrected chi connectivity index (χ4v) is 1.20. The molecular formula is C11H15FN2. The van der Waals surface area contributed by atoms with Gasteiger partial charge in [-0.2, -0.15) is 0 Å². The number of aliphatic imine (C=N–C) groups is 1. The molecule has 1 heterocycles. The predicted octanol–water partition coefficient (Wildman–Crippen LogP) is 2.49. The Morgan fingerprint density at radius 2 is 2.36 bits per heavy atom. The highest BCUT2D eigenvalue weighted by atomic mass is 19.1. The first-order chi connectivity index (χ1) is 6.56. The second kappa shape index (κ2) is 4.22. The van der Waals surface area contributed by atoms with E-state index in [0.29, 0.717) is 17.7 Å². The van der Waals surface area contributed by atoms with E-state index >= 15 is 0 Å². The molecule has 1 rings (SSSR count). The molecule has 0 fully saturated rings. The van der Waals surface area contributed by atoms with Crippen LogP contribution in [0.25, 0.3) is 0 Å². The molecule has 0 bridgehead atoms. The molecule has 1 aliphatic heterocycles. The molecule has 0 saturated heterocycles. The van der Waals surface area contributed by atoms with Gasteiger partial charge >= 0.3 is 0 Å². The van der Waals surface area contributed by atoms with Crippen molar-refractivity contribution in [2.45, 2.75) is 20.3 Å². The fraction of sp³-hybridized carbons (Fsp3) is 0.364. The Balaban J connectivity index is 3.05. The fourth-order valence-electron chi connectivity index (χ4n) is 1.20. The highest BCUT2D eigenvalue weighted by Gasteiger charge is 2.18. The molecule has 0 amide bonds.